The number of ether oxygens (including phenoxy) is 3. The monoisotopic (exact) mass is 525 g/mol. The first-order valence-electron chi connectivity index (χ1n) is 12.5. The Bertz CT molecular complexity index is 1150. The van der Waals surface area contributed by atoms with Gasteiger partial charge in [-0.05, 0) is 51.5 Å². The second-order valence-corrected chi connectivity index (χ2v) is 10.2. The Morgan fingerprint density at radius 1 is 1.21 bits per heavy atom. The number of benzene rings is 1. The van der Waals surface area contributed by atoms with Gasteiger partial charge in [0.05, 0.1) is 32.7 Å². The lowest BCUT2D eigenvalue weighted by atomic mass is 9.71. The number of likely N-dealkylation sites (tertiary alicyclic amines) is 1. The fourth-order valence-corrected chi connectivity index (χ4v) is 4.76. The minimum Gasteiger partial charge on any atom is -0.497 e. The number of carbonyl (C=O) groups is 4. The van der Waals surface area contributed by atoms with Gasteiger partial charge in [-0.2, -0.15) is 0 Å². The van der Waals surface area contributed by atoms with Crippen LogP contribution in [-0.2, 0) is 30.4 Å². The Hall–Kier alpha value is -4.00. The summed E-state index contributed by atoms with van der Waals surface area (Å²) < 4.78 is 16.2. The predicted molar refractivity (Wildman–Crippen MR) is 138 cm³/mol. The summed E-state index contributed by atoms with van der Waals surface area (Å²) in [7, 11) is 1.56. The Morgan fingerprint density at radius 2 is 1.89 bits per heavy atom. The highest BCUT2D eigenvalue weighted by Crippen LogP contribution is 2.51. The normalized spacial score (nSPS) is 20.7. The van der Waals surface area contributed by atoms with E-state index in [1.165, 1.54) is 9.80 Å². The molecule has 3 amide bonds. The second kappa shape index (κ2) is 11.6. The highest BCUT2D eigenvalue weighted by atomic mass is 16.6. The molecule has 0 spiro atoms. The van der Waals surface area contributed by atoms with Gasteiger partial charge in [-0.1, -0.05) is 18.1 Å². The topological polar surface area (TPSA) is 114 Å². The van der Waals surface area contributed by atoms with Crippen LogP contribution < -0.4 is 10.1 Å². The maximum absolute atomic E-state index is 13.9. The van der Waals surface area contributed by atoms with Gasteiger partial charge in [-0.15, -0.1) is 6.42 Å². The van der Waals surface area contributed by atoms with Gasteiger partial charge in [0.1, 0.15) is 16.8 Å². The number of methoxy groups -OCH3 is 1. The molecule has 2 atom stereocenters. The van der Waals surface area contributed by atoms with Crippen LogP contribution in [0.15, 0.2) is 36.0 Å². The van der Waals surface area contributed by atoms with Crippen molar-refractivity contribution in [2.24, 2.45) is 11.3 Å². The number of hydrogen-bond donors (Lipinski definition) is 1. The summed E-state index contributed by atoms with van der Waals surface area (Å²) >= 11 is 0. The minimum atomic E-state index is -1.60. The van der Waals surface area contributed by atoms with Gasteiger partial charge in [0.15, 0.2) is 0 Å². The molecule has 0 aromatic heterocycles. The molecule has 0 saturated carbocycles. The minimum absolute atomic E-state index is 0.0194. The SMILES string of the molecule is C#CCNC(=O)C[C@@H]1C(=O)N(Cc2ccc(OC)cc2)C2=CCN(C(=O)OC(C)(C)C)C[C@]21C(=O)OCC. The van der Waals surface area contributed by atoms with E-state index >= 15 is 0 Å². The standard InChI is InChI=1S/C28H35N3O7/c1-7-14-29-23(32)16-21-24(33)31(17-19-9-11-20(36-6)12-10-19)22-13-15-30(26(35)38-27(3,4)5)18-28(21,22)25(34)37-8-2/h1,9-13,21H,8,14-18H2,2-6H3,(H,29,32)/t21-,28-/m1/s1. The average Bonchev–Trinajstić information content (AvgIpc) is 3.10. The Balaban J connectivity index is 2.08. The van der Waals surface area contributed by atoms with E-state index in [1.54, 1.807) is 53.0 Å². The van der Waals surface area contributed by atoms with E-state index in [-0.39, 0.29) is 39.2 Å². The summed E-state index contributed by atoms with van der Waals surface area (Å²) in [5.41, 5.74) is -1.16. The molecule has 1 N–H and O–H groups in total. The van der Waals surface area contributed by atoms with Gasteiger partial charge in [-0.3, -0.25) is 14.4 Å². The van der Waals surface area contributed by atoms with Crippen LogP contribution in [0.5, 0.6) is 5.75 Å². The van der Waals surface area contributed by atoms with E-state index in [2.05, 4.69) is 11.2 Å². The third-order valence-corrected chi connectivity index (χ3v) is 6.42. The van der Waals surface area contributed by atoms with Crippen molar-refractivity contribution in [3.63, 3.8) is 0 Å². The molecule has 2 aliphatic heterocycles. The van der Waals surface area contributed by atoms with Crippen LogP contribution in [0.4, 0.5) is 4.79 Å². The maximum Gasteiger partial charge on any atom is 0.410 e. The number of hydrogen-bond acceptors (Lipinski definition) is 7. The molecule has 0 bridgehead atoms. The summed E-state index contributed by atoms with van der Waals surface area (Å²) in [6.45, 7) is 7.02. The number of nitrogens with one attached hydrogen (secondary N) is 1. The number of esters is 1. The van der Waals surface area contributed by atoms with Crippen molar-refractivity contribution < 1.29 is 33.4 Å². The molecule has 2 heterocycles. The quantitative estimate of drug-likeness (QED) is 0.410. The van der Waals surface area contributed by atoms with Gasteiger partial charge in [0, 0.05) is 25.2 Å². The number of fused-ring (bicyclic) bond motifs is 1. The molecule has 204 valence electrons. The number of amides is 3. The molecule has 0 unspecified atom stereocenters. The van der Waals surface area contributed by atoms with E-state index < -0.39 is 40.8 Å². The second-order valence-electron chi connectivity index (χ2n) is 10.2. The first kappa shape index (κ1) is 28.6. The fraction of sp³-hybridized carbons (Fsp3) is 0.500. The van der Waals surface area contributed by atoms with Crippen LogP contribution in [0.2, 0.25) is 0 Å². The van der Waals surface area contributed by atoms with Crippen LogP contribution in [0.25, 0.3) is 0 Å². The molecule has 1 aromatic rings. The Labute approximate surface area is 223 Å². The summed E-state index contributed by atoms with van der Waals surface area (Å²) in [6, 6.07) is 7.19. The third-order valence-electron chi connectivity index (χ3n) is 6.42. The van der Waals surface area contributed by atoms with E-state index in [0.717, 1.165) is 5.56 Å². The zero-order valence-corrected chi connectivity index (χ0v) is 22.5. The van der Waals surface area contributed by atoms with E-state index in [0.29, 0.717) is 11.4 Å². The molecule has 2 aliphatic rings. The van der Waals surface area contributed by atoms with Crippen molar-refractivity contribution in [2.45, 2.75) is 46.3 Å². The highest BCUT2D eigenvalue weighted by Gasteiger charge is 2.64. The summed E-state index contributed by atoms with van der Waals surface area (Å²) in [6.07, 6.45) is 6.01. The van der Waals surface area contributed by atoms with Gasteiger partial charge in [0.25, 0.3) is 0 Å². The van der Waals surface area contributed by atoms with Crippen molar-refractivity contribution in [1.82, 2.24) is 15.1 Å². The average molecular weight is 526 g/mol. The first-order valence-corrected chi connectivity index (χ1v) is 12.5. The lowest BCUT2D eigenvalue weighted by Crippen LogP contribution is -2.54. The third kappa shape index (κ3) is 5.93. The number of rotatable bonds is 8. The Kier molecular flexibility index (Phi) is 8.71. The largest absolute Gasteiger partial charge is 0.497 e. The number of terminal acetylenes is 1. The zero-order chi connectivity index (χ0) is 28.1. The number of carbonyl (C=O) groups excluding carboxylic acids is 4. The van der Waals surface area contributed by atoms with Crippen molar-refractivity contribution >= 4 is 23.9 Å². The molecule has 0 radical (unpaired) electrons. The zero-order valence-electron chi connectivity index (χ0n) is 22.5. The summed E-state index contributed by atoms with van der Waals surface area (Å²) in [5.74, 6) is 0.297. The van der Waals surface area contributed by atoms with E-state index in [9.17, 15) is 19.2 Å². The molecular weight excluding hydrogens is 490 g/mol. The fourth-order valence-electron chi connectivity index (χ4n) is 4.76. The maximum atomic E-state index is 13.9. The predicted octanol–water partition coefficient (Wildman–Crippen LogP) is 2.48. The van der Waals surface area contributed by atoms with Crippen molar-refractivity contribution in [3.05, 3.63) is 41.6 Å². The van der Waals surface area contributed by atoms with Crippen LogP contribution in [0, 0.1) is 23.7 Å². The van der Waals surface area contributed by atoms with Crippen molar-refractivity contribution in [3.8, 4) is 18.1 Å². The summed E-state index contributed by atoms with van der Waals surface area (Å²) in [4.78, 5) is 56.3. The molecule has 0 aliphatic carbocycles. The van der Waals surface area contributed by atoms with Crippen LogP contribution in [0.1, 0.15) is 39.7 Å². The van der Waals surface area contributed by atoms with Crippen LogP contribution >= 0.6 is 0 Å². The highest BCUT2D eigenvalue weighted by molar-refractivity contribution is 5.99. The van der Waals surface area contributed by atoms with Crippen LogP contribution in [-0.4, -0.2) is 72.6 Å². The first-order chi connectivity index (χ1) is 18.0. The molecule has 10 nitrogen and oxygen atoms in total. The molecule has 10 heteroatoms. The molecule has 1 aromatic carbocycles. The van der Waals surface area contributed by atoms with Crippen molar-refractivity contribution in [2.75, 3.05) is 33.4 Å². The van der Waals surface area contributed by atoms with Gasteiger partial charge in [0.2, 0.25) is 11.8 Å². The summed E-state index contributed by atoms with van der Waals surface area (Å²) in [5, 5.41) is 2.57. The van der Waals surface area contributed by atoms with Crippen LogP contribution in [0.3, 0.4) is 0 Å². The van der Waals surface area contributed by atoms with Crippen molar-refractivity contribution in [1.29, 1.82) is 0 Å². The molecular formula is C28H35N3O7. The smallest absolute Gasteiger partial charge is 0.410 e. The molecule has 1 fully saturated rings. The Morgan fingerprint density at radius 3 is 2.47 bits per heavy atom. The van der Waals surface area contributed by atoms with E-state index in [1.807, 2.05) is 12.1 Å². The van der Waals surface area contributed by atoms with E-state index in [4.69, 9.17) is 20.6 Å². The van der Waals surface area contributed by atoms with Gasteiger partial charge >= 0.3 is 12.1 Å². The van der Waals surface area contributed by atoms with Gasteiger partial charge in [-0.25, -0.2) is 4.79 Å². The lowest BCUT2D eigenvalue weighted by Gasteiger charge is -2.40. The molecule has 1 saturated heterocycles. The lowest BCUT2D eigenvalue weighted by molar-refractivity contribution is -0.158. The number of nitrogens with zero attached hydrogens (tertiary/aromatic N) is 2. The molecule has 3 rings (SSSR count). The molecule has 38 heavy (non-hydrogen) atoms. The van der Waals surface area contributed by atoms with Gasteiger partial charge < -0.3 is 29.3 Å².